The number of carbonyl (C=O) groups is 2. The zero-order chi connectivity index (χ0) is 23.5. The Morgan fingerprint density at radius 3 is 2.85 bits per heavy atom. The smallest absolute Gasteiger partial charge is 0.262 e. The van der Waals surface area contributed by atoms with Crippen molar-refractivity contribution in [2.45, 2.75) is 52.3 Å². The number of carbonyl (C=O) groups excluding carboxylic acids is 2. The lowest BCUT2D eigenvalue weighted by atomic mass is 10.1. The number of aryl methyl sites for hydroxylation is 1. The Bertz CT molecular complexity index is 1170. The second-order valence-corrected chi connectivity index (χ2v) is 10.0. The van der Waals surface area contributed by atoms with E-state index in [1.807, 2.05) is 18.7 Å². The summed E-state index contributed by atoms with van der Waals surface area (Å²) in [6, 6.07) is 1.52. The van der Waals surface area contributed by atoms with Gasteiger partial charge in [0, 0.05) is 25.1 Å². The number of methoxy groups -OCH3 is 2. The summed E-state index contributed by atoms with van der Waals surface area (Å²) in [5.41, 5.74) is 1.95. The molecule has 1 unspecified atom stereocenters. The molecule has 0 radical (unpaired) electrons. The van der Waals surface area contributed by atoms with Gasteiger partial charge in [-0.3, -0.25) is 9.59 Å². The van der Waals surface area contributed by atoms with Crippen LogP contribution in [0, 0.1) is 6.92 Å². The maximum absolute atomic E-state index is 13.3. The lowest BCUT2D eigenvalue weighted by Gasteiger charge is -2.30. The number of hydrogen-bond donors (Lipinski definition) is 1. The Hall–Kier alpha value is -2.56. The summed E-state index contributed by atoms with van der Waals surface area (Å²) < 4.78 is 10.6. The van der Waals surface area contributed by atoms with Crippen LogP contribution >= 0.6 is 22.7 Å². The van der Waals surface area contributed by atoms with E-state index < -0.39 is 6.04 Å². The van der Waals surface area contributed by atoms with Crippen molar-refractivity contribution in [1.29, 1.82) is 0 Å². The van der Waals surface area contributed by atoms with Gasteiger partial charge in [0.05, 0.1) is 17.4 Å². The standard InChI is InChI=1S/C23H28N4O4S2/c1-5-6-15(23(29)27-9-7-16-14(11-27)8-10-32-16)24-20(28)19-13(2)18-21(31-4)25-17(12-30-3)26-22(18)33-19/h8,10,15H,5-7,9,11-12H2,1-4H3,(H,24,28). The third-order valence-corrected chi connectivity index (χ3v) is 7.98. The van der Waals surface area contributed by atoms with E-state index in [9.17, 15) is 9.59 Å². The largest absolute Gasteiger partial charge is 0.480 e. The predicted molar refractivity (Wildman–Crippen MR) is 129 cm³/mol. The van der Waals surface area contributed by atoms with Gasteiger partial charge in [0.1, 0.15) is 17.5 Å². The summed E-state index contributed by atoms with van der Waals surface area (Å²) in [4.78, 5) is 39.9. The number of nitrogens with zero attached hydrogens (tertiary/aromatic N) is 3. The summed E-state index contributed by atoms with van der Waals surface area (Å²) >= 11 is 3.02. The van der Waals surface area contributed by atoms with Gasteiger partial charge in [-0.2, -0.15) is 4.98 Å². The molecule has 4 heterocycles. The van der Waals surface area contributed by atoms with Gasteiger partial charge in [-0.15, -0.1) is 22.7 Å². The summed E-state index contributed by atoms with van der Waals surface area (Å²) in [7, 11) is 3.12. The molecule has 1 aliphatic heterocycles. The molecule has 33 heavy (non-hydrogen) atoms. The molecule has 0 aliphatic carbocycles. The summed E-state index contributed by atoms with van der Waals surface area (Å²) in [5, 5.41) is 5.78. The zero-order valence-electron chi connectivity index (χ0n) is 19.3. The van der Waals surface area contributed by atoms with Crippen LogP contribution < -0.4 is 10.1 Å². The van der Waals surface area contributed by atoms with Crippen molar-refractivity contribution in [3.63, 3.8) is 0 Å². The highest BCUT2D eigenvalue weighted by molar-refractivity contribution is 7.20. The molecular formula is C23H28N4O4S2. The van der Waals surface area contributed by atoms with Crippen molar-refractivity contribution < 1.29 is 19.1 Å². The van der Waals surface area contributed by atoms with Crippen molar-refractivity contribution in [3.8, 4) is 5.88 Å². The van der Waals surface area contributed by atoms with E-state index in [4.69, 9.17) is 9.47 Å². The van der Waals surface area contributed by atoms with Crippen molar-refractivity contribution in [2.75, 3.05) is 20.8 Å². The molecule has 1 N–H and O–H groups in total. The number of thiophene rings is 2. The van der Waals surface area contributed by atoms with Gasteiger partial charge in [-0.1, -0.05) is 13.3 Å². The van der Waals surface area contributed by atoms with Gasteiger partial charge in [0.15, 0.2) is 5.82 Å². The van der Waals surface area contributed by atoms with Gasteiger partial charge >= 0.3 is 0 Å². The zero-order valence-corrected chi connectivity index (χ0v) is 20.9. The molecule has 2 amide bonds. The average molecular weight is 489 g/mol. The van der Waals surface area contributed by atoms with Gasteiger partial charge in [0.25, 0.3) is 5.91 Å². The first-order valence-electron chi connectivity index (χ1n) is 10.9. The Labute approximate surface area is 200 Å². The monoisotopic (exact) mass is 488 g/mol. The molecule has 10 heteroatoms. The third-order valence-electron chi connectivity index (χ3n) is 5.78. The average Bonchev–Trinajstić information content (AvgIpc) is 3.41. The van der Waals surface area contributed by atoms with E-state index >= 15 is 0 Å². The molecule has 4 rings (SSSR count). The molecule has 3 aromatic heterocycles. The lowest BCUT2D eigenvalue weighted by Crippen LogP contribution is -2.49. The van der Waals surface area contributed by atoms with E-state index in [-0.39, 0.29) is 18.4 Å². The van der Waals surface area contributed by atoms with Crippen molar-refractivity contribution in [3.05, 3.63) is 38.2 Å². The number of aromatic nitrogens is 2. The summed E-state index contributed by atoms with van der Waals surface area (Å²) in [5.74, 6) is 0.611. The topological polar surface area (TPSA) is 93.6 Å². The van der Waals surface area contributed by atoms with Crippen LogP contribution in [0.5, 0.6) is 5.88 Å². The van der Waals surface area contributed by atoms with Crippen LogP contribution in [0.4, 0.5) is 0 Å². The van der Waals surface area contributed by atoms with E-state index in [0.717, 1.165) is 18.4 Å². The Kier molecular flexibility index (Phi) is 7.26. The maximum atomic E-state index is 13.3. The van der Waals surface area contributed by atoms with Crippen LogP contribution in [-0.2, 0) is 29.1 Å². The van der Waals surface area contributed by atoms with E-state index in [1.54, 1.807) is 25.6 Å². The fourth-order valence-corrected chi connectivity index (χ4v) is 6.11. The van der Waals surface area contributed by atoms with Gasteiger partial charge < -0.3 is 19.7 Å². The number of fused-ring (bicyclic) bond motifs is 2. The van der Waals surface area contributed by atoms with Crippen molar-refractivity contribution >= 4 is 44.7 Å². The number of hydrogen-bond acceptors (Lipinski definition) is 8. The molecular weight excluding hydrogens is 460 g/mol. The predicted octanol–water partition coefficient (Wildman–Crippen LogP) is 3.70. The van der Waals surface area contributed by atoms with Gasteiger partial charge in [-0.05, 0) is 42.3 Å². The van der Waals surface area contributed by atoms with Crippen LogP contribution in [0.2, 0.25) is 0 Å². The first-order chi connectivity index (χ1) is 16.0. The van der Waals surface area contributed by atoms with E-state index in [2.05, 4.69) is 26.7 Å². The second-order valence-electron chi connectivity index (χ2n) is 8.01. The van der Waals surface area contributed by atoms with Crippen LogP contribution in [0.1, 0.15) is 51.3 Å². The highest BCUT2D eigenvalue weighted by Gasteiger charge is 2.30. The first-order valence-corrected chi connectivity index (χ1v) is 12.6. The molecule has 0 saturated heterocycles. The number of nitrogens with one attached hydrogen (secondary N) is 1. The SMILES string of the molecule is CCCC(NC(=O)c1sc2nc(COC)nc(OC)c2c1C)C(=O)N1CCc2sccc2C1. The van der Waals surface area contributed by atoms with Crippen molar-refractivity contribution in [1.82, 2.24) is 20.2 Å². The highest BCUT2D eigenvalue weighted by atomic mass is 32.1. The Balaban J connectivity index is 1.57. The van der Waals surface area contributed by atoms with Crippen molar-refractivity contribution in [2.24, 2.45) is 0 Å². The van der Waals surface area contributed by atoms with Crippen LogP contribution in [0.3, 0.4) is 0 Å². The molecule has 0 spiro atoms. The minimum absolute atomic E-state index is 0.0273. The molecule has 0 aromatic carbocycles. The molecule has 0 fully saturated rings. The van der Waals surface area contributed by atoms with Gasteiger partial charge in [-0.25, -0.2) is 4.98 Å². The van der Waals surface area contributed by atoms with Crippen LogP contribution in [-0.4, -0.2) is 53.5 Å². The van der Waals surface area contributed by atoms with Crippen LogP contribution in [0.15, 0.2) is 11.4 Å². The Morgan fingerprint density at radius 1 is 1.30 bits per heavy atom. The first kappa shape index (κ1) is 23.6. The molecule has 0 saturated carbocycles. The maximum Gasteiger partial charge on any atom is 0.262 e. The quantitative estimate of drug-likeness (QED) is 0.520. The summed E-state index contributed by atoms with van der Waals surface area (Å²) in [6.45, 7) is 5.40. The number of rotatable bonds is 8. The minimum Gasteiger partial charge on any atom is -0.480 e. The number of ether oxygens (including phenoxy) is 2. The molecule has 3 aromatic rings. The molecule has 1 atom stereocenters. The molecule has 0 bridgehead atoms. The fourth-order valence-electron chi connectivity index (χ4n) is 4.13. The molecule has 1 aliphatic rings. The number of amides is 2. The molecule has 176 valence electrons. The van der Waals surface area contributed by atoms with Gasteiger partial charge in [0.2, 0.25) is 11.8 Å². The second kappa shape index (κ2) is 10.1. The Morgan fingerprint density at radius 2 is 2.12 bits per heavy atom. The fraction of sp³-hybridized carbons (Fsp3) is 0.478. The normalized spacial score (nSPS) is 14.2. The molecule has 8 nitrogen and oxygen atoms in total. The lowest BCUT2D eigenvalue weighted by molar-refractivity contribution is -0.134. The third kappa shape index (κ3) is 4.73. The van der Waals surface area contributed by atoms with E-state index in [1.165, 1.54) is 21.8 Å². The van der Waals surface area contributed by atoms with Crippen LogP contribution in [0.25, 0.3) is 10.2 Å². The minimum atomic E-state index is -0.565. The van der Waals surface area contributed by atoms with E-state index in [0.29, 0.717) is 46.3 Å². The highest BCUT2D eigenvalue weighted by Crippen LogP contribution is 2.35. The summed E-state index contributed by atoms with van der Waals surface area (Å²) in [6.07, 6.45) is 2.24.